The molecule has 1 unspecified atom stereocenters. The molecule has 23 heavy (non-hydrogen) atoms. The van der Waals surface area contributed by atoms with Crippen LogP contribution in [0.15, 0.2) is 11.1 Å². The fraction of sp³-hybridized carbons (Fsp3) is 0.588. The summed E-state index contributed by atoms with van der Waals surface area (Å²) in [5.41, 5.74) is 0. The number of carbonyl (C=O) groups excluding carboxylic acids is 1. The van der Waals surface area contributed by atoms with E-state index in [1.807, 2.05) is 25.8 Å². The van der Waals surface area contributed by atoms with Crippen molar-refractivity contribution in [2.24, 2.45) is 0 Å². The van der Waals surface area contributed by atoms with Gasteiger partial charge in [-0.05, 0) is 32.8 Å². The minimum atomic E-state index is -0.140. The third-order valence-electron chi connectivity index (χ3n) is 3.73. The zero-order valence-electron chi connectivity index (χ0n) is 14.5. The van der Waals surface area contributed by atoms with Gasteiger partial charge in [0.25, 0.3) is 0 Å². The van der Waals surface area contributed by atoms with E-state index in [1.165, 1.54) is 4.88 Å². The van der Waals surface area contributed by atoms with Crippen LogP contribution in [0, 0.1) is 6.92 Å². The minimum absolute atomic E-state index is 0.140. The molecule has 0 radical (unpaired) electrons. The van der Waals surface area contributed by atoms with Crippen LogP contribution in [0.2, 0.25) is 0 Å². The second-order valence-corrected chi connectivity index (χ2v) is 8.18. The molecule has 2 aromatic heterocycles. The van der Waals surface area contributed by atoms with Crippen molar-refractivity contribution in [3.05, 3.63) is 16.8 Å². The molecule has 2 rings (SSSR count). The molecule has 0 N–H and O–H groups in total. The zero-order chi connectivity index (χ0) is 17.0. The van der Waals surface area contributed by atoms with Gasteiger partial charge in [0.2, 0.25) is 5.91 Å². The summed E-state index contributed by atoms with van der Waals surface area (Å²) in [6.45, 7) is 8.98. The van der Waals surface area contributed by atoms with Crippen molar-refractivity contribution in [2.75, 3.05) is 13.6 Å². The average Bonchev–Trinajstić information content (AvgIpc) is 2.94. The standard InChI is InChI=1S/C17H25N3OS2/c1-6-8-9-20(5)17(21)11(3)22-15-14-10-13(7-2)23-16(14)19-12(4)18-15/h10-11H,6-9H2,1-5H3. The molecule has 2 heterocycles. The van der Waals surface area contributed by atoms with E-state index in [0.717, 1.165) is 46.9 Å². The summed E-state index contributed by atoms with van der Waals surface area (Å²) in [4.78, 5) is 25.8. The van der Waals surface area contributed by atoms with E-state index >= 15 is 0 Å². The molecular formula is C17H25N3OS2. The van der Waals surface area contributed by atoms with Gasteiger partial charge in [0.05, 0.1) is 5.25 Å². The van der Waals surface area contributed by atoms with E-state index in [4.69, 9.17) is 0 Å². The van der Waals surface area contributed by atoms with Crippen molar-refractivity contribution in [3.8, 4) is 0 Å². The predicted molar refractivity (Wildman–Crippen MR) is 99.4 cm³/mol. The van der Waals surface area contributed by atoms with Gasteiger partial charge in [0, 0.05) is 23.9 Å². The number of thiophene rings is 1. The van der Waals surface area contributed by atoms with Crippen LogP contribution >= 0.6 is 23.1 Å². The van der Waals surface area contributed by atoms with Crippen molar-refractivity contribution >= 4 is 39.2 Å². The van der Waals surface area contributed by atoms with Crippen LogP contribution in [0.1, 0.15) is 44.3 Å². The van der Waals surface area contributed by atoms with Gasteiger partial charge < -0.3 is 4.90 Å². The fourth-order valence-electron chi connectivity index (χ4n) is 2.34. The number of rotatable bonds is 7. The highest BCUT2D eigenvalue weighted by molar-refractivity contribution is 8.00. The molecular weight excluding hydrogens is 326 g/mol. The van der Waals surface area contributed by atoms with Gasteiger partial charge >= 0.3 is 0 Å². The Kier molecular flexibility index (Phi) is 6.41. The number of aromatic nitrogens is 2. The molecule has 2 aromatic rings. The van der Waals surface area contributed by atoms with Crippen LogP contribution in [0.4, 0.5) is 0 Å². The zero-order valence-corrected chi connectivity index (χ0v) is 16.2. The Labute approximate surface area is 146 Å². The molecule has 0 fully saturated rings. The molecule has 1 atom stereocenters. The summed E-state index contributed by atoms with van der Waals surface area (Å²) in [7, 11) is 1.88. The van der Waals surface area contributed by atoms with Gasteiger partial charge in [0.1, 0.15) is 15.7 Å². The lowest BCUT2D eigenvalue weighted by atomic mass is 10.3. The Bertz CT molecular complexity index is 684. The Morgan fingerprint density at radius 1 is 1.39 bits per heavy atom. The molecule has 0 spiro atoms. The smallest absolute Gasteiger partial charge is 0.235 e. The monoisotopic (exact) mass is 351 g/mol. The third-order valence-corrected chi connectivity index (χ3v) is 5.99. The number of amides is 1. The normalized spacial score (nSPS) is 12.6. The maximum Gasteiger partial charge on any atom is 0.235 e. The van der Waals surface area contributed by atoms with E-state index in [1.54, 1.807) is 23.1 Å². The SMILES string of the molecule is CCCCN(C)C(=O)C(C)Sc1nc(C)nc2sc(CC)cc12. The van der Waals surface area contributed by atoms with Crippen molar-refractivity contribution in [3.63, 3.8) is 0 Å². The first-order valence-corrected chi connectivity index (χ1v) is 9.84. The van der Waals surface area contributed by atoms with Crippen molar-refractivity contribution in [1.29, 1.82) is 0 Å². The first-order chi connectivity index (χ1) is 11.0. The van der Waals surface area contributed by atoms with Gasteiger partial charge in [-0.3, -0.25) is 4.79 Å². The third kappa shape index (κ3) is 4.44. The quantitative estimate of drug-likeness (QED) is 0.551. The molecule has 126 valence electrons. The second kappa shape index (κ2) is 8.11. The summed E-state index contributed by atoms with van der Waals surface area (Å²) in [6.07, 6.45) is 3.14. The summed E-state index contributed by atoms with van der Waals surface area (Å²) in [5.74, 6) is 0.933. The Morgan fingerprint density at radius 3 is 2.78 bits per heavy atom. The van der Waals surface area contributed by atoms with Crippen LogP contribution in [0.25, 0.3) is 10.2 Å². The van der Waals surface area contributed by atoms with Crippen LogP contribution in [0.5, 0.6) is 0 Å². The number of hydrogen-bond acceptors (Lipinski definition) is 5. The van der Waals surface area contributed by atoms with Crippen molar-refractivity contribution in [1.82, 2.24) is 14.9 Å². The van der Waals surface area contributed by atoms with Crippen molar-refractivity contribution < 1.29 is 4.79 Å². The van der Waals surface area contributed by atoms with Gasteiger partial charge in [-0.1, -0.05) is 32.0 Å². The number of fused-ring (bicyclic) bond motifs is 1. The molecule has 6 heteroatoms. The summed E-state index contributed by atoms with van der Waals surface area (Å²) in [6, 6.07) is 2.17. The van der Waals surface area contributed by atoms with Gasteiger partial charge in [-0.15, -0.1) is 11.3 Å². The lowest BCUT2D eigenvalue weighted by molar-refractivity contribution is -0.129. The van der Waals surface area contributed by atoms with Crippen LogP contribution in [0.3, 0.4) is 0 Å². The highest BCUT2D eigenvalue weighted by Crippen LogP contribution is 2.34. The van der Waals surface area contributed by atoms with E-state index in [-0.39, 0.29) is 11.2 Å². The Hall–Kier alpha value is -1.14. The maximum absolute atomic E-state index is 12.5. The molecule has 0 aliphatic carbocycles. The summed E-state index contributed by atoms with van der Waals surface area (Å²) < 4.78 is 0. The molecule has 0 saturated heterocycles. The fourth-order valence-corrected chi connectivity index (χ4v) is 4.50. The second-order valence-electron chi connectivity index (χ2n) is 5.73. The molecule has 0 aliphatic heterocycles. The number of aryl methyl sites for hydroxylation is 2. The number of thioether (sulfide) groups is 1. The number of hydrogen-bond donors (Lipinski definition) is 0. The molecule has 0 bridgehead atoms. The van der Waals surface area contributed by atoms with Crippen LogP contribution < -0.4 is 0 Å². The first-order valence-electron chi connectivity index (χ1n) is 8.14. The lowest BCUT2D eigenvalue weighted by Gasteiger charge is -2.20. The predicted octanol–water partition coefficient (Wildman–Crippen LogP) is 4.30. The van der Waals surface area contributed by atoms with Crippen molar-refractivity contribution in [2.45, 2.75) is 57.2 Å². The Morgan fingerprint density at radius 2 is 2.13 bits per heavy atom. The number of unbranched alkanes of at least 4 members (excludes halogenated alkanes) is 1. The summed E-state index contributed by atoms with van der Waals surface area (Å²) in [5, 5.41) is 1.87. The van der Waals surface area contributed by atoms with E-state index < -0.39 is 0 Å². The van der Waals surface area contributed by atoms with Gasteiger partial charge in [-0.25, -0.2) is 9.97 Å². The lowest BCUT2D eigenvalue weighted by Crippen LogP contribution is -2.34. The van der Waals surface area contributed by atoms with E-state index in [2.05, 4.69) is 29.9 Å². The van der Waals surface area contributed by atoms with E-state index in [0.29, 0.717) is 0 Å². The van der Waals surface area contributed by atoms with Crippen LogP contribution in [-0.2, 0) is 11.2 Å². The molecule has 0 aromatic carbocycles. The first kappa shape index (κ1) is 18.2. The minimum Gasteiger partial charge on any atom is -0.345 e. The topological polar surface area (TPSA) is 46.1 Å². The molecule has 0 aliphatic rings. The molecule has 4 nitrogen and oxygen atoms in total. The van der Waals surface area contributed by atoms with Gasteiger partial charge in [0.15, 0.2) is 0 Å². The largest absolute Gasteiger partial charge is 0.345 e. The Balaban J connectivity index is 2.20. The van der Waals surface area contributed by atoms with Gasteiger partial charge in [-0.2, -0.15) is 0 Å². The number of carbonyl (C=O) groups is 1. The highest BCUT2D eigenvalue weighted by atomic mass is 32.2. The maximum atomic E-state index is 12.5. The molecule has 0 saturated carbocycles. The molecule has 1 amide bonds. The summed E-state index contributed by atoms with van der Waals surface area (Å²) >= 11 is 3.26. The highest BCUT2D eigenvalue weighted by Gasteiger charge is 2.21. The van der Waals surface area contributed by atoms with Crippen LogP contribution in [-0.4, -0.2) is 39.6 Å². The average molecular weight is 352 g/mol. The van der Waals surface area contributed by atoms with E-state index in [9.17, 15) is 4.79 Å². The number of nitrogens with zero attached hydrogens (tertiary/aromatic N) is 3.